The summed E-state index contributed by atoms with van der Waals surface area (Å²) < 4.78 is 0.818. The molecule has 0 aromatic heterocycles. The molecule has 3 N–H and O–H groups in total. The van der Waals surface area contributed by atoms with Crippen LogP contribution in [0.3, 0.4) is 0 Å². The summed E-state index contributed by atoms with van der Waals surface area (Å²) in [6.07, 6.45) is 0. The lowest BCUT2D eigenvalue weighted by Gasteiger charge is -2.16. The van der Waals surface area contributed by atoms with Crippen molar-refractivity contribution < 1.29 is 9.59 Å². The Morgan fingerprint density at radius 2 is 1.60 bits per heavy atom. The maximum Gasteiger partial charge on any atom is 0.253 e. The molecule has 0 saturated heterocycles. The fourth-order valence-corrected chi connectivity index (χ4v) is 2.45. The first-order chi connectivity index (χ1) is 9.59. The molecular weight excluding hydrogens is 367 g/mol. The average Bonchev–Trinajstić information content (AvgIpc) is 2.45. The summed E-state index contributed by atoms with van der Waals surface area (Å²) >= 11 is 2.08. The lowest BCUT2D eigenvalue weighted by Crippen LogP contribution is -2.37. The van der Waals surface area contributed by atoms with Gasteiger partial charge in [-0.1, -0.05) is 42.5 Å². The van der Waals surface area contributed by atoms with Crippen LogP contribution in [0.1, 0.15) is 22.0 Å². The zero-order valence-electron chi connectivity index (χ0n) is 10.5. The molecule has 4 nitrogen and oxygen atoms in total. The number of nitrogens with one attached hydrogen (secondary N) is 1. The maximum atomic E-state index is 12.2. The highest BCUT2D eigenvalue weighted by Crippen LogP contribution is 2.15. The van der Waals surface area contributed by atoms with Crippen LogP contribution in [0.2, 0.25) is 0 Å². The van der Waals surface area contributed by atoms with Gasteiger partial charge in [0.25, 0.3) is 5.91 Å². The second-order valence-electron chi connectivity index (χ2n) is 4.20. The van der Waals surface area contributed by atoms with Crippen LogP contribution in [0.4, 0.5) is 0 Å². The highest BCUT2D eigenvalue weighted by molar-refractivity contribution is 14.1. The number of primary amides is 1. The Bertz CT molecular complexity index is 629. The number of benzene rings is 2. The van der Waals surface area contributed by atoms with Crippen LogP contribution >= 0.6 is 22.6 Å². The molecule has 2 aromatic carbocycles. The molecule has 0 spiro atoms. The van der Waals surface area contributed by atoms with E-state index in [-0.39, 0.29) is 5.91 Å². The molecule has 0 aliphatic heterocycles. The number of carbonyl (C=O) groups is 2. The zero-order chi connectivity index (χ0) is 14.5. The quantitative estimate of drug-likeness (QED) is 0.799. The molecule has 0 aliphatic carbocycles. The highest BCUT2D eigenvalue weighted by atomic mass is 127. The van der Waals surface area contributed by atoms with Crippen molar-refractivity contribution in [3.8, 4) is 0 Å². The molecule has 0 aliphatic rings. The van der Waals surface area contributed by atoms with E-state index in [0.717, 1.165) is 3.57 Å². The van der Waals surface area contributed by atoms with Crippen molar-refractivity contribution in [1.82, 2.24) is 5.32 Å². The van der Waals surface area contributed by atoms with Crippen molar-refractivity contribution in [3.05, 3.63) is 69.3 Å². The molecular formula is C15H13IN2O2. The summed E-state index contributed by atoms with van der Waals surface area (Å²) in [7, 11) is 0. The van der Waals surface area contributed by atoms with Gasteiger partial charge in [0.15, 0.2) is 0 Å². The van der Waals surface area contributed by atoms with Gasteiger partial charge in [-0.05, 0) is 40.3 Å². The van der Waals surface area contributed by atoms with Gasteiger partial charge in [-0.2, -0.15) is 0 Å². The minimum absolute atomic E-state index is 0.317. The molecule has 5 heteroatoms. The van der Waals surface area contributed by atoms with Crippen LogP contribution in [-0.2, 0) is 4.79 Å². The van der Waals surface area contributed by atoms with E-state index in [2.05, 4.69) is 27.9 Å². The lowest BCUT2D eigenvalue weighted by atomic mass is 10.1. The van der Waals surface area contributed by atoms with E-state index in [4.69, 9.17) is 5.73 Å². The average molecular weight is 380 g/mol. The summed E-state index contributed by atoms with van der Waals surface area (Å²) in [6, 6.07) is 15.3. The molecule has 20 heavy (non-hydrogen) atoms. The normalized spacial score (nSPS) is 11.7. The summed E-state index contributed by atoms with van der Waals surface area (Å²) in [5.74, 6) is -0.904. The van der Waals surface area contributed by atoms with E-state index in [9.17, 15) is 9.59 Å². The second kappa shape index (κ2) is 6.51. The Kier molecular flexibility index (Phi) is 4.73. The number of hydrogen-bond donors (Lipinski definition) is 2. The molecule has 2 aromatic rings. The van der Waals surface area contributed by atoms with Gasteiger partial charge in [0.2, 0.25) is 5.91 Å². The van der Waals surface area contributed by atoms with Gasteiger partial charge in [0, 0.05) is 3.57 Å². The van der Waals surface area contributed by atoms with Gasteiger partial charge in [0.05, 0.1) is 5.56 Å². The number of hydrogen-bond acceptors (Lipinski definition) is 2. The molecule has 2 amide bonds. The van der Waals surface area contributed by atoms with Gasteiger partial charge in [-0.25, -0.2) is 0 Å². The van der Waals surface area contributed by atoms with E-state index < -0.39 is 11.9 Å². The monoisotopic (exact) mass is 380 g/mol. The molecule has 2 rings (SSSR count). The smallest absolute Gasteiger partial charge is 0.253 e. The predicted octanol–water partition coefficient (Wildman–Crippen LogP) is 2.25. The standard InChI is InChI=1S/C15H13IN2O2/c16-12-9-5-4-8-11(12)15(20)18-13(14(17)19)10-6-2-1-3-7-10/h1-9,13H,(H2,17,19)(H,18,20). The molecule has 0 fully saturated rings. The molecule has 1 atom stereocenters. The van der Waals surface area contributed by atoms with E-state index in [0.29, 0.717) is 11.1 Å². The van der Waals surface area contributed by atoms with Crippen molar-refractivity contribution in [2.45, 2.75) is 6.04 Å². The predicted molar refractivity (Wildman–Crippen MR) is 85.0 cm³/mol. The second-order valence-corrected chi connectivity index (χ2v) is 5.36. The number of rotatable bonds is 4. The number of halogens is 1. The van der Waals surface area contributed by atoms with Crippen LogP contribution in [0.5, 0.6) is 0 Å². The molecule has 0 radical (unpaired) electrons. The third-order valence-corrected chi connectivity index (χ3v) is 3.75. The van der Waals surface area contributed by atoms with Gasteiger partial charge in [-0.15, -0.1) is 0 Å². The van der Waals surface area contributed by atoms with Gasteiger partial charge < -0.3 is 11.1 Å². The summed E-state index contributed by atoms with van der Waals surface area (Å²) in [6.45, 7) is 0. The third-order valence-electron chi connectivity index (χ3n) is 2.81. The molecule has 0 saturated carbocycles. The van der Waals surface area contributed by atoms with Crippen LogP contribution < -0.4 is 11.1 Å². The first-order valence-corrected chi connectivity index (χ1v) is 7.07. The molecule has 0 bridgehead atoms. The van der Waals surface area contributed by atoms with Crippen molar-refractivity contribution in [1.29, 1.82) is 0 Å². The Morgan fingerprint density at radius 3 is 2.20 bits per heavy atom. The van der Waals surface area contributed by atoms with E-state index in [1.807, 2.05) is 18.2 Å². The number of carbonyl (C=O) groups excluding carboxylic acids is 2. The van der Waals surface area contributed by atoms with Crippen molar-refractivity contribution >= 4 is 34.4 Å². The van der Waals surface area contributed by atoms with Crippen LogP contribution in [-0.4, -0.2) is 11.8 Å². The zero-order valence-corrected chi connectivity index (χ0v) is 12.7. The summed E-state index contributed by atoms with van der Waals surface area (Å²) in [4.78, 5) is 23.8. The van der Waals surface area contributed by atoms with Gasteiger partial charge in [0.1, 0.15) is 6.04 Å². The van der Waals surface area contributed by atoms with Gasteiger partial charge in [-0.3, -0.25) is 9.59 Å². The van der Waals surface area contributed by atoms with Crippen LogP contribution in [0.15, 0.2) is 54.6 Å². The van der Waals surface area contributed by atoms with Gasteiger partial charge >= 0.3 is 0 Å². The molecule has 0 heterocycles. The van der Waals surface area contributed by atoms with Crippen LogP contribution in [0.25, 0.3) is 0 Å². The summed E-state index contributed by atoms with van der Waals surface area (Å²) in [5.41, 5.74) is 6.57. The fourth-order valence-electron chi connectivity index (χ4n) is 1.82. The minimum atomic E-state index is -0.834. The first kappa shape index (κ1) is 14.5. The fraction of sp³-hybridized carbons (Fsp3) is 0.0667. The minimum Gasteiger partial charge on any atom is -0.368 e. The Labute approximate surface area is 130 Å². The SMILES string of the molecule is NC(=O)C(NC(=O)c1ccccc1I)c1ccccc1. The Balaban J connectivity index is 2.24. The highest BCUT2D eigenvalue weighted by Gasteiger charge is 2.21. The topological polar surface area (TPSA) is 72.2 Å². The van der Waals surface area contributed by atoms with E-state index >= 15 is 0 Å². The number of amides is 2. The summed E-state index contributed by atoms with van der Waals surface area (Å²) in [5, 5.41) is 2.67. The van der Waals surface area contributed by atoms with Crippen molar-refractivity contribution in [2.24, 2.45) is 5.73 Å². The largest absolute Gasteiger partial charge is 0.368 e. The number of nitrogens with two attached hydrogens (primary N) is 1. The third kappa shape index (κ3) is 3.36. The maximum absolute atomic E-state index is 12.2. The lowest BCUT2D eigenvalue weighted by molar-refractivity contribution is -0.120. The van der Waals surface area contributed by atoms with Crippen molar-refractivity contribution in [3.63, 3.8) is 0 Å². The van der Waals surface area contributed by atoms with E-state index in [1.54, 1.807) is 36.4 Å². The Hall–Kier alpha value is -1.89. The van der Waals surface area contributed by atoms with E-state index in [1.165, 1.54) is 0 Å². The van der Waals surface area contributed by atoms with Crippen LogP contribution in [0, 0.1) is 3.57 Å². The van der Waals surface area contributed by atoms with Crippen molar-refractivity contribution in [2.75, 3.05) is 0 Å². The molecule has 1 unspecified atom stereocenters. The first-order valence-electron chi connectivity index (χ1n) is 5.99. The molecule has 102 valence electrons. The Morgan fingerprint density at radius 1 is 1.00 bits per heavy atom.